The molecule has 10 nitrogen and oxygen atoms in total. The summed E-state index contributed by atoms with van der Waals surface area (Å²) in [6.07, 6.45) is -8.33. The first-order valence-corrected chi connectivity index (χ1v) is 14.1. The average Bonchev–Trinajstić information content (AvgIpc) is 3.16. The molecule has 10 heteroatoms. The Balaban J connectivity index is 1.30. The molecule has 4 N–H and O–H groups in total. The van der Waals surface area contributed by atoms with Crippen LogP contribution in [0.2, 0.25) is 0 Å². The Morgan fingerprint density at radius 3 is 2.38 bits per heavy atom. The second-order valence-corrected chi connectivity index (χ2v) is 10.7. The van der Waals surface area contributed by atoms with E-state index in [1.165, 1.54) is 5.56 Å². The summed E-state index contributed by atoms with van der Waals surface area (Å²) in [6.45, 7) is 1.60. The van der Waals surface area contributed by atoms with E-state index >= 15 is 0 Å². The molecule has 2 heterocycles. The Morgan fingerprint density at radius 2 is 1.62 bits per heavy atom. The maximum Gasteiger partial charge on any atom is 0.335 e. The van der Waals surface area contributed by atoms with Gasteiger partial charge in [-0.3, -0.25) is 0 Å². The number of aliphatic carboxylic acids is 1. The molecule has 0 aromatic heterocycles. The van der Waals surface area contributed by atoms with Crippen LogP contribution in [-0.4, -0.2) is 94.8 Å². The third-order valence-corrected chi connectivity index (χ3v) is 7.74. The predicted molar refractivity (Wildman–Crippen MR) is 152 cm³/mol. The Hall–Kier alpha value is -3.51. The van der Waals surface area contributed by atoms with Gasteiger partial charge in [-0.25, -0.2) is 4.79 Å². The molecule has 0 aliphatic carbocycles. The minimum absolute atomic E-state index is 0.0697. The summed E-state index contributed by atoms with van der Waals surface area (Å²) in [5.41, 5.74) is 3.50. The molecular formula is C32H37NO9. The SMILES string of the molecule is CN(CC[C@@H]1c2ccccc2COc2ccccc21)C[C@H](COc1ccccc1)O[C@@H]1O[C@H](C(=O)O)[C@@H](O)[C@H](O)[C@H]1O. The fourth-order valence-electron chi connectivity index (χ4n) is 5.52. The van der Waals surface area contributed by atoms with Crippen LogP contribution in [0.25, 0.3) is 0 Å². The molecule has 5 rings (SSSR count). The number of fused-ring (bicyclic) bond motifs is 2. The van der Waals surface area contributed by atoms with Crippen LogP contribution in [0.1, 0.15) is 29.0 Å². The Kier molecular flexibility index (Phi) is 9.73. The van der Waals surface area contributed by atoms with Crippen LogP contribution in [0.4, 0.5) is 0 Å². The third-order valence-electron chi connectivity index (χ3n) is 7.74. The molecule has 0 amide bonds. The molecular weight excluding hydrogens is 542 g/mol. The zero-order valence-corrected chi connectivity index (χ0v) is 23.4. The second-order valence-electron chi connectivity index (χ2n) is 10.7. The molecule has 7 atom stereocenters. The van der Waals surface area contributed by atoms with Crippen LogP contribution >= 0.6 is 0 Å². The summed E-state index contributed by atoms with van der Waals surface area (Å²) in [5, 5.41) is 40.3. The molecule has 0 radical (unpaired) electrons. The van der Waals surface area contributed by atoms with E-state index in [0.29, 0.717) is 25.4 Å². The van der Waals surface area contributed by atoms with E-state index < -0.39 is 42.8 Å². The van der Waals surface area contributed by atoms with Crippen molar-refractivity contribution in [3.8, 4) is 11.5 Å². The van der Waals surface area contributed by atoms with Crippen LogP contribution in [-0.2, 0) is 20.9 Å². The van der Waals surface area contributed by atoms with Gasteiger partial charge in [-0.15, -0.1) is 0 Å². The first-order valence-electron chi connectivity index (χ1n) is 14.1. The molecule has 0 spiro atoms. The summed E-state index contributed by atoms with van der Waals surface area (Å²) in [5.74, 6) is 0.128. The van der Waals surface area contributed by atoms with Gasteiger partial charge >= 0.3 is 5.97 Å². The third kappa shape index (κ3) is 6.92. The zero-order chi connectivity index (χ0) is 29.6. The number of hydrogen-bond acceptors (Lipinski definition) is 9. The Bertz CT molecular complexity index is 1270. The summed E-state index contributed by atoms with van der Waals surface area (Å²) >= 11 is 0. The number of likely N-dealkylation sites (N-methyl/N-ethyl adjacent to an activating group) is 1. The van der Waals surface area contributed by atoms with Gasteiger partial charge in [0.2, 0.25) is 0 Å². The monoisotopic (exact) mass is 579 g/mol. The molecule has 42 heavy (non-hydrogen) atoms. The number of carboxylic acid groups (broad SMARTS) is 1. The lowest BCUT2D eigenvalue weighted by Gasteiger charge is -2.40. The van der Waals surface area contributed by atoms with E-state index in [0.717, 1.165) is 23.3 Å². The second kappa shape index (κ2) is 13.6. The topological polar surface area (TPSA) is 138 Å². The summed E-state index contributed by atoms with van der Waals surface area (Å²) in [7, 11) is 1.95. The van der Waals surface area contributed by atoms with Crippen molar-refractivity contribution in [1.29, 1.82) is 0 Å². The lowest BCUT2D eigenvalue weighted by molar-refractivity contribution is -0.306. The highest BCUT2D eigenvalue weighted by Gasteiger charge is 2.48. The van der Waals surface area contributed by atoms with Crippen molar-refractivity contribution in [2.75, 3.05) is 26.7 Å². The highest BCUT2D eigenvalue weighted by molar-refractivity contribution is 5.73. The first-order chi connectivity index (χ1) is 20.3. The van der Waals surface area contributed by atoms with E-state index in [-0.39, 0.29) is 12.5 Å². The van der Waals surface area contributed by atoms with Gasteiger partial charge in [-0.05, 0) is 49.3 Å². The molecule has 2 aliphatic heterocycles. The summed E-state index contributed by atoms with van der Waals surface area (Å²) in [6, 6.07) is 25.5. The lowest BCUT2D eigenvalue weighted by Crippen LogP contribution is -2.61. The smallest absolute Gasteiger partial charge is 0.335 e. The van der Waals surface area contributed by atoms with Gasteiger partial charge in [0.05, 0.1) is 0 Å². The molecule has 2 aliphatic rings. The van der Waals surface area contributed by atoms with Crippen molar-refractivity contribution >= 4 is 5.97 Å². The number of rotatable bonds is 11. The number of carboxylic acids is 1. The fraction of sp³-hybridized carbons (Fsp3) is 0.406. The van der Waals surface area contributed by atoms with Gasteiger partial charge < -0.3 is 44.3 Å². The highest BCUT2D eigenvalue weighted by Crippen LogP contribution is 2.39. The number of para-hydroxylation sites is 2. The summed E-state index contributed by atoms with van der Waals surface area (Å²) < 4.78 is 23.5. The van der Waals surface area contributed by atoms with E-state index in [1.807, 2.05) is 55.6 Å². The number of hydrogen-bond donors (Lipinski definition) is 4. The van der Waals surface area contributed by atoms with Crippen molar-refractivity contribution in [3.63, 3.8) is 0 Å². The summed E-state index contributed by atoms with van der Waals surface area (Å²) in [4.78, 5) is 13.7. The first kappa shape index (κ1) is 30.0. The molecule has 0 saturated carbocycles. The number of nitrogens with zero attached hydrogens (tertiary/aromatic N) is 1. The van der Waals surface area contributed by atoms with Crippen LogP contribution in [0.15, 0.2) is 78.9 Å². The van der Waals surface area contributed by atoms with Gasteiger partial charge in [-0.1, -0.05) is 60.7 Å². The van der Waals surface area contributed by atoms with Crippen molar-refractivity contribution < 1.29 is 44.2 Å². The average molecular weight is 580 g/mol. The molecule has 1 fully saturated rings. The van der Waals surface area contributed by atoms with Crippen LogP contribution in [0, 0.1) is 0 Å². The van der Waals surface area contributed by atoms with Crippen LogP contribution in [0.5, 0.6) is 11.5 Å². The Morgan fingerprint density at radius 1 is 0.929 bits per heavy atom. The largest absolute Gasteiger partial charge is 0.491 e. The van der Waals surface area contributed by atoms with Crippen molar-refractivity contribution in [3.05, 3.63) is 95.6 Å². The quantitative estimate of drug-likeness (QED) is 0.268. The van der Waals surface area contributed by atoms with Crippen LogP contribution in [0.3, 0.4) is 0 Å². The Labute approximate surface area is 244 Å². The number of carbonyl (C=O) groups is 1. The minimum Gasteiger partial charge on any atom is -0.491 e. The van der Waals surface area contributed by atoms with Gasteiger partial charge in [0.25, 0.3) is 0 Å². The van der Waals surface area contributed by atoms with Crippen molar-refractivity contribution in [2.45, 2.75) is 55.8 Å². The van der Waals surface area contributed by atoms with Crippen molar-refractivity contribution in [2.24, 2.45) is 0 Å². The van der Waals surface area contributed by atoms with Gasteiger partial charge in [-0.2, -0.15) is 0 Å². The maximum atomic E-state index is 11.6. The van der Waals surface area contributed by atoms with Gasteiger partial charge in [0.15, 0.2) is 12.4 Å². The maximum absolute atomic E-state index is 11.6. The van der Waals surface area contributed by atoms with E-state index in [4.69, 9.17) is 18.9 Å². The molecule has 1 saturated heterocycles. The molecule has 3 aromatic rings. The fourth-order valence-corrected chi connectivity index (χ4v) is 5.52. The van der Waals surface area contributed by atoms with Crippen LogP contribution < -0.4 is 9.47 Å². The zero-order valence-electron chi connectivity index (χ0n) is 23.4. The van der Waals surface area contributed by atoms with Crippen molar-refractivity contribution in [1.82, 2.24) is 4.90 Å². The predicted octanol–water partition coefficient (Wildman–Crippen LogP) is 2.39. The van der Waals surface area contributed by atoms with Gasteiger partial charge in [0, 0.05) is 18.0 Å². The standard InChI is InChI=1S/C32H37NO9/c1-33(16-15-24-23-12-6-5-9-20(23)18-40-26-14-8-7-13-25(24)26)17-22(19-39-21-10-3-2-4-11-21)41-32-29(36)27(34)28(35)30(42-32)31(37)38/h2-14,22,24,27-30,32,34-36H,15-19H2,1H3,(H,37,38)/t22-,24-,27+,28+,29-,30+,32-/m1/s1. The van der Waals surface area contributed by atoms with Gasteiger partial charge in [0.1, 0.15) is 49.1 Å². The van der Waals surface area contributed by atoms with E-state index in [2.05, 4.69) is 23.1 Å². The van der Waals surface area contributed by atoms with E-state index in [1.54, 1.807) is 12.1 Å². The van der Waals surface area contributed by atoms with E-state index in [9.17, 15) is 25.2 Å². The molecule has 3 aromatic carbocycles. The molecule has 0 bridgehead atoms. The number of aliphatic hydroxyl groups is 3. The number of aliphatic hydroxyl groups excluding tert-OH is 3. The molecule has 0 unspecified atom stereocenters. The highest BCUT2D eigenvalue weighted by atomic mass is 16.7. The molecule has 224 valence electrons. The number of ether oxygens (including phenoxy) is 4. The minimum atomic E-state index is -1.80. The lowest BCUT2D eigenvalue weighted by atomic mass is 9.86. The number of benzene rings is 3. The normalized spacial score (nSPS) is 25.9.